The van der Waals surface area contributed by atoms with Crippen LogP contribution in [0.15, 0.2) is 0 Å². The molecule has 7 N–H and O–H groups in total. The molecule has 0 amide bonds. The fourth-order valence-corrected chi connectivity index (χ4v) is 6.27. The molecule has 8 unspecified atom stereocenters. The van der Waals surface area contributed by atoms with Crippen molar-refractivity contribution in [1.82, 2.24) is 0 Å². The average Bonchev–Trinajstić information content (AvgIpc) is 2.91. The van der Waals surface area contributed by atoms with E-state index < -0.39 is 97.3 Å². The summed E-state index contributed by atoms with van der Waals surface area (Å²) in [4.78, 5) is 83.5. The van der Waals surface area contributed by atoms with Crippen LogP contribution < -0.4 is 0 Å². The molecule has 0 heterocycles. The summed E-state index contributed by atoms with van der Waals surface area (Å²) >= 11 is 0. The lowest BCUT2D eigenvalue weighted by atomic mass is 9.85. The highest BCUT2D eigenvalue weighted by Gasteiger charge is 2.58. The maximum atomic E-state index is 13.0. The molecule has 23 heteroatoms. The number of aliphatic hydroxyl groups excluding tert-OH is 2. The average molecular weight is 732 g/mol. The number of carbonyl (C=O) groups is 3. The first-order valence-electron chi connectivity index (χ1n) is 14.2. The van der Waals surface area contributed by atoms with Crippen LogP contribution in [0.2, 0.25) is 0 Å². The fraction of sp³-hybridized carbons (Fsp3) is 0.870. The predicted molar refractivity (Wildman–Crippen MR) is 151 cm³/mol. The van der Waals surface area contributed by atoms with Gasteiger partial charge in [-0.05, 0) is 12.8 Å². The molecule has 1 saturated carbocycles. The van der Waals surface area contributed by atoms with Gasteiger partial charge in [0.1, 0.15) is 37.1 Å². The highest BCUT2D eigenvalue weighted by Crippen LogP contribution is 2.51. The summed E-state index contributed by atoms with van der Waals surface area (Å²) in [5, 5.41) is 21.5. The number of carbonyl (C=O) groups excluding carboxylic acids is 3. The quantitative estimate of drug-likeness (QED) is 0.0370. The maximum Gasteiger partial charge on any atom is 0.472 e. The third-order valence-electron chi connectivity index (χ3n) is 6.19. The minimum absolute atomic E-state index is 0.0307. The number of phosphoric ester groups is 3. The zero-order chi connectivity index (χ0) is 35.3. The van der Waals surface area contributed by atoms with Crippen LogP contribution in [0.25, 0.3) is 0 Å². The number of unbranched alkanes of at least 4 members (excludes halogenated alkanes) is 4. The van der Waals surface area contributed by atoms with Gasteiger partial charge in [-0.2, -0.15) is 0 Å². The van der Waals surface area contributed by atoms with Crippen molar-refractivity contribution in [3.05, 3.63) is 0 Å². The molecule has 0 radical (unpaired) electrons. The van der Waals surface area contributed by atoms with Gasteiger partial charge in [-0.15, -0.1) is 0 Å². The molecule has 1 aliphatic carbocycles. The molecule has 0 aromatic heterocycles. The Morgan fingerprint density at radius 2 is 1.13 bits per heavy atom. The second kappa shape index (κ2) is 19.6. The number of aliphatic hydroxyl groups is 2. The van der Waals surface area contributed by atoms with Crippen LogP contribution in [0.1, 0.15) is 72.1 Å². The van der Waals surface area contributed by atoms with E-state index in [9.17, 15) is 62.8 Å². The molecular weight excluding hydrogens is 689 g/mol. The van der Waals surface area contributed by atoms with E-state index in [0.717, 1.165) is 26.2 Å². The van der Waals surface area contributed by atoms with Gasteiger partial charge < -0.3 is 48.9 Å². The van der Waals surface area contributed by atoms with Crippen LogP contribution >= 0.6 is 23.5 Å². The van der Waals surface area contributed by atoms with Gasteiger partial charge in [0.15, 0.2) is 12.2 Å². The molecule has 270 valence electrons. The number of phosphoric acid groups is 3. The number of hydrogen-bond donors (Lipinski definition) is 7. The van der Waals surface area contributed by atoms with Crippen molar-refractivity contribution in [3.8, 4) is 0 Å². The van der Waals surface area contributed by atoms with Crippen LogP contribution in [-0.2, 0) is 60.4 Å². The molecule has 0 saturated heterocycles. The molecule has 0 bridgehead atoms. The van der Waals surface area contributed by atoms with E-state index in [4.69, 9.17) is 23.3 Å². The maximum absolute atomic E-state index is 13.0. The molecule has 20 nitrogen and oxygen atoms in total. The number of esters is 3. The van der Waals surface area contributed by atoms with Crippen molar-refractivity contribution in [3.63, 3.8) is 0 Å². The van der Waals surface area contributed by atoms with E-state index in [0.29, 0.717) is 19.3 Å². The standard InChI is InChI=1S/C23H43O20P3/c1-4-6-8-10-16(25)37-12-15(40-17(26)11-9-7-5-2)13-38-46(35,36)43-21-19(28)23(42-45(32,33)34)22(41-44(29,30)31)18(27)20(21)39-14(3)24/h15,18-23,27-28H,4-13H2,1-3H3,(H,35,36)(H2,29,30,31)(H2,32,33,34). The van der Waals surface area contributed by atoms with Gasteiger partial charge in [-0.1, -0.05) is 39.5 Å². The summed E-state index contributed by atoms with van der Waals surface area (Å²) < 4.78 is 69.5. The Balaban J connectivity index is 3.22. The Hall–Kier alpha value is -1.34. The molecule has 1 fully saturated rings. The molecule has 0 aromatic carbocycles. The zero-order valence-corrected chi connectivity index (χ0v) is 28.1. The van der Waals surface area contributed by atoms with Gasteiger partial charge in [-0.3, -0.25) is 32.5 Å². The molecule has 8 atom stereocenters. The summed E-state index contributed by atoms with van der Waals surface area (Å²) in [5.41, 5.74) is 0. The Kier molecular flexibility index (Phi) is 18.2. The summed E-state index contributed by atoms with van der Waals surface area (Å²) in [5.74, 6) is -2.60. The van der Waals surface area contributed by atoms with Crippen molar-refractivity contribution in [2.45, 2.75) is 115 Å². The van der Waals surface area contributed by atoms with E-state index in [1.54, 1.807) is 0 Å². The van der Waals surface area contributed by atoms with Crippen molar-refractivity contribution in [2.24, 2.45) is 0 Å². The van der Waals surface area contributed by atoms with Crippen LogP contribution in [0.4, 0.5) is 0 Å². The monoisotopic (exact) mass is 732 g/mol. The Morgan fingerprint density at radius 1 is 0.674 bits per heavy atom. The van der Waals surface area contributed by atoms with E-state index in [1.807, 2.05) is 13.8 Å². The Morgan fingerprint density at radius 3 is 1.59 bits per heavy atom. The number of hydrogen-bond acceptors (Lipinski definition) is 15. The molecule has 0 spiro atoms. The van der Waals surface area contributed by atoms with E-state index in [2.05, 4.69) is 9.05 Å². The van der Waals surface area contributed by atoms with Gasteiger partial charge in [0, 0.05) is 19.8 Å². The van der Waals surface area contributed by atoms with E-state index in [-0.39, 0.29) is 12.8 Å². The Bertz CT molecular complexity index is 1120. The summed E-state index contributed by atoms with van der Waals surface area (Å²) in [7, 11) is -16.7. The second-order valence-corrected chi connectivity index (χ2v) is 14.0. The summed E-state index contributed by atoms with van der Waals surface area (Å²) in [6, 6.07) is 0. The molecule has 0 aromatic rings. The van der Waals surface area contributed by atoms with Crippen LogP contribution in [0, 0.1) is 0 Å². The van der Waals surface area contributed by atoms with Crippen LogP contribution in [-0.4, -0.2) is 109 Å². The molecular formula is C23H43O20P3. The predicted octanol–water partition coefficient (Wildman–Crippen LogP) is 0.727. The van der Waals surface area contributed by atoms with Gasteiger partial charge in [0.25, 0.3) is 0 Å². The van der Waals surface area contributed by atoms with Gasteiger partial charge in [-0.25, -0.2) is 13.7 Å². The topological polar surface area (TPSA) is 309 Å². The minimum Gasteiger partial charge on any atom is -0.462 e. The van der Waals surface area contributed by atoms with Crippen molar-refractivity contribution in [2.75, 3.05) is 13.2 Å². The SMILES string of the molecule is CCCCCC(=O)OCC(COP(=O)(O)OC1C(O)C(OP(=O)(O)O)C(OP(=O)(O)O)C(O)C1OC(C)=O)OC(=O)CCCCC. The molecule has 46 heavy (non-hydrogen) atoms. The van der Waals surface area contributed by atoms with Crippen molar-refractivity contribution < 1.29 is 95.1 Å². The summed E-state index contributed by atoms with van der Waals surface area (Å²) in [6.07, 6.45) is -12.1. The first-order valence-corrected chi connectivity index (χ1v) is 18.8. The lowest BCUT2D eigenvalue weighted by Gasteiger charge is -2.45. The fourth-order valence-electron chi connectivity index (χ4n) is 4.18. The normalized spacial score (nSPS) is 25.7. The van der Waals surface area contributed by atoms with Crippen molar-refractivity contribution >= 4 is 41.4 Å². The highest BCUT2D eigenvalue weighted by atomic mass is 31.2. The van der Waals surface area contributed by atoms with E-state index >= 15 is 0 Å². The van der Waals surface area contributed by atoms with E-state index in [1.165, 1.54) is 0 Å². The van der Waals surface area contributed by atoms with Gasteiger partial charge in [0.05, 0.1) is 6.61 Å². The third kappa shape index (κ3) is 16.7. The highest BCUT2D eigenvalue weighted by molar-refractivity contribution is 7.47. The lowest BCUT2D eigenvalue weighted by Crippen LogP contribution is -2.66. The summed E-state index contributed by atoms with van der Waals surface area (Å²) in [6.45, 7) is 3.08. The number of rotatable bonds is 21. The zero-order valence-electron chi connectivity index (χ0n) is 25.4. The molecule has 1 rings (SSSR count). The first kappa shape index (κ1) is 42.7. The first-order chi connectivity index (χ1) is 21.2. The molecule has 0 aliphatic heterocycles. The Labute approximate surface area is 264 Å². The van der Waals surface area contributed by atoms with Gasteiger partial charge >= 0.3 is 41.4 Å². The van der Waals surface area contributed by atoms with Gasteiger partial charge in [0.2, 0.25) is 0 Å². The molecule has 1 aliphatic rings. The smallest absolute Gasteiger partial charge is 0.462 e. The van der Waals surface area contributed by atoms with Crippen LogP contribution in [0.5, 0.6) is 0 Å². The lowest BCUT2D eigenvalue weighted by molar-refractivity contribution is -0.224. The van der Waals surface area contributed by atoms with Crippen LogP contribution in [0.3, 0.4) is 0 Å². The number of ether oxygens (including phenoxy) is 3. The van der Waals surface area contributed by atoms with Crippen molar-refractivity contribution in [1.29, 1.82) is 0 Å². The minimum atomic E-state index is -5.62. The third-order valence-corrected chi connectivity index (χ3v) is 8.21. The second-order valence-electron chi connectivity index (χ2n) is 10.2. The largest absolute Gasteiger partial charge is 0.472 e.